The zero-order valence-electron chi connectivity index (χ0n) is 22.8. The largest absolute Gasteiger partial charge is 0.176 e. The summed E-state index contributed by atoms with van der Waals surface area (Å²) in [6, 6.07) is 50.5. The van der Waals surface area contributed by atoms with Crippen LogP contribution in [0.25, 0.3) is 21.9 Å². The average molecular weight is 669 g/mol. The Morgan fingerprint density at radius 3 is 1.92 bits per heavy atom. The van der Waals surface area contributed by atoms with Gasteiger partial charge in [-0.3, -0.25) is 0 Å². The standard InChI is InChI=1S/C15H13.C14H14.C9H7.Hf/c1-10-3-5-14-12(7-10)9-13-8-11(2)4-6-15(13)14;1-3-7-13(8-4-1)11-12-14-9-5-2-6-10-14;1-2-5-9-7-3-6-8(9)4-1;/h3-7H,9H2,1-2H3;1-10H,11-12H2;1-7H;/q-1;;-1;. The Labute approximate surface area is 252 Å². The van der Waals surface area contributed by atoms with Crippen LogP contribution in [0.3, 0.4) is 0 Å². The number of fused-ring (bicyclic) bond motifs is 4. The molecule has 192 valence electrons. The van der Waals surface area contributed by atoms with Crippen LogP contribution >= 0.6 is 0 Å². The van der Waals surface area contributed by atoms with Gasteiger partial charge in [-0.2, -0.15) is 41.3 Å². The number of aryl methyl sites for hydroxylation is 4. The maximum Gasteiger partial charge on any atom is 0 e. The minimum absolute atomic E-state index is 0. The van der Waals surface area contributed by atoms with Crippen LogP contribution in [-0.4, -0.2) is 0 Å². The van der Waals surface area contributed by atoms with Crippen molar-refractivity contribution in [2.24, 2.45) is 0 Å². The van der Waals surface area contributed by atoms with E-state index >= 15 is 0 Å². The normalized spacial score (nSPS) is 10.7. The summed E-state index contributed by atoms with van der Waals surface area (Å²) in [6.07, 6.45) is 3.31. The van der Waals surface area contributed by atoms with Crippen LogP contribution in [0.2, 0.25) is 0 Å². The molecule has 0 saturated carbocycles. The molecule has 39 heavy (non-hydrogen) atoms. The van der Waals surface area contributed by atoms with Crippen molar-refractivity contribution in [3.63, 3.8) is 0 Å². The molecular weight excluding hydrogens is 635 g/mol. The van der Waals surface area contributed by atoms with Crippen LogP contribution in [0.5, 0.6) is 0 Å². The van der Waals surface area contributed by atoms with Gasteiger partial charge in [0.25, 0.3) is 0 Å². The molecule has 7 rings (SSSR count). The van der Waals surface area contributed by atoms with Gasteiger partial charge < -0.3 is 0 Å². The summed E-state index contributed by atoms with van der Waals surface area (Å²) in [5.41, 5.74) is 11.0. The topological polar surface area (TPSA) is 0 Å². The van der Waals surface area contributed by atoms with E-state index in [2.05, 4.69) is 153 Å². The molecule has 1 aliphatic rings. The minimum Gasteiger partial charge on any atom is -0.176 e. The zero-order chi connectivity index (χ0) is 26.2. The van der Waals surface area contributed by atoms with E-state index in [4.69, 9.17) is 0 Å². The summed E-state index contributed by atoms with van der Waals surface area (Å²) in [6.45, 7) is 4.26. The van der Waals surface area contributed by atoms with E-state index in [1.165, 1.54) is 55.3 Å². The second-order valence-electron chi connectivity index (χ2n) is 10.00. The summed E-state index contributed by atoms with van der Waals surface area (Å²) < 4.78 is 0. The van der Waals surface area contributed by atoms with Crippen molar-refractivity contribution < 1.29 is 25.8 Å². The van der Waals surface area contributed by atoms with Gasteiger partial charge in [0.05, 0.1) is 0 Å². The van der Waals surface area contributed by atoms with Gasteiger partial charge in [0.2, 0.25) is 0 Å². The van der Waals surface area contributed by atoms with E-state index < -0.39 is 0 Å². The summed E-state index contributed by atoms with van der Waals surface area (Å²) in [5, 5.41) is 2.66. The molecule has 0 radical (unpaired) electrons. The van der Waals surface area contributed by atoms with Gasteiger partial charge in [0.1, 0.15) is 0 Å². The van der Waals surface area contributed by atoms with Crippen LogP contribution in [0, 0.1) is 19.9 Å². The Morgan fingerprint density at radius 2 is 1.26 bits per heavy atom. The molecule has 0 aliphatic heterocycles. The SMILES string of the molecule is Cc1[c-]c2c(cc1)-c1ccc(C)cc1C2.[Hf].c1ccc(CCc2ccccc2)cc1.c1ccc2[cH-]ccc2c1. The summed E-state index contributed by atoms with van der Waals surface area (Å²) in [7, 11) is 0. The van der Waals surface area contributed by atoms with Gasteiger partial charge in [-0.15, -0.1) is 40.8 Å². The van der Waals surface area contributed by atoms with E-state index in [0.717, 1.165) is 19.3 Å². The van der Waals surface area contributed by atoms with E-state index in [1.807, 2.05) is 0 Å². The molecule has 0 heterocycles. The second kappa shape index (κ2) is 14.1. The predicted molar refractivity (Wildman–Crippen MR) is 163 cm³/mol. The second-order valence-corrected chi connectivity index (χ2v) is 10.00. The summed E-state index contributed by atoms with van der Waals surface area (Å²) in [4.78, 5) is 0. The molecule has 0 spiro atoms. The van der Waals surface area contributed by atoms with Crippen molar-refractivity contribution in [3.05, 3.63) is 173 Å². The third-order valence-corrected chi connectivity index (χ3v) is 7.03. The van der Waals surface area contributed by atoms with Crippen LogP contribution < -0.4 is 0 Å². The quantitative estimate of drug-likeness (QED) is 0.130. The third kappa shape index (κ3) is 7.80. The Kier molecular flexibility index (Phi) is 10.3. The van der Waals surface area contributed by atoms with Crippen LogP contribution in [0.4, 0.5) is 0 Å². The smallest absolute Gasteiger partial charge is 0 e. The van der Waals surface area contributed by atoms with Crippen LogP contribution in [-0.2, 0) is 45.1 Å². The van der Waals surface area contributed by atoms with Crippen LogP contribution in [0.15, 0.2) is 133 Å². The minimum atomic E-state index is 0. The Bertz CT molecular complexity index is 1470. The number of hydrogen-bond donors (Lipinski definition) is 0. The maximum absolute atomic E-state index is 3.45. The molecule has 0 N–H and O–H groups in total. The van der Waals surface area contributed by atoms with E-state index in [0.29, 0.717) is 0 Å². The average Bonchev–Trinajstić information content (AvgIpc) is 3.57. The van der Waals surface area contributed by atoms with Crippen molar-refractivity contribution in [1.29, 1.82) is 0 Å². The van der Waals surface area contributed by atoms with Gasteiger partial charge in [0, 0.05) is 25.8 Å². The van der Waals surface area contributed by atoms with E-state index in [9.17, 15) is 0 Å². The van der Waals surface area contributed by atoms with Gasteiger partial charge in [0.15, 0.2) is 0 Å². The fourth-order valence-electron chi connectivity index (χ4n) is 5.02. The molecular formula is C38H34Hf-2. The number of rotatable bonds is 3. The molecule has 1 aliphatic carbocycles. The molecule has 0 saturated heterocycles. The first-order valence-corrected chi connectivity index (χ1v) is 13.5. The van der Waals surface area contributed by atoms with Crippen LogP contribution in [0.1, 0.15) is 33.4 Å². The van der Waals surface area contributed by atoms with Gasteiger partial charge in [-0.25, -0.2) is 0 Å². The molecule has 0 aromatic heterocycles. The predicted octanol–water partition coefficient (Wildman–Crippen LogP) is 9.70. The molecule has 0 amide bonds. The fraction of sp³-hybridized carbons (Fsp3) is 0.132. The Hall–Kier alpha value is -3.42. The molecule has 0 fully saturated rings. The first kappa shape index (κ1) is 28.6. The summed E-state index contributed by atoms with van der Waals surface area (Å²) >= 11 is 0. The fourth-order valence-corrected chi connectivity index (χ4v) is 5.02. The molecule has 0 nitrogen and oxygen atoms in total. The van der Waals surface area contributed by atoms with Crippen molar-refractivity contribution in [2.75, 3.05) is 0 Å². The van der Waals surface area contributed by atoms with Gasteiger partial charge >= 0.3 is 0 Å². The number of benzene rings is 5. The zero-order valence-corrected chi connectivity index (χ0v) is 26.4. The number of hydrogen-bond acceptors (Lipinski definition) is 0. The van der Waals surface area contributed by atoms with Crippen molar-refractivity contribution in [3.8, 4) is 11.1 Å². The van der Waals surface area contributed by atoms with Crippen molar-refractivity contribution in [1.82, 2.24) is 0 Å². The molecule has 0 atom stereocenters. The third-order valence-electron chi connectivity index (χ3n) is 7.03. The van der Waals surface area contributed by atoms with Gasteiger partial charge in [-0.1, -0.05) is 103 Å². The molecule has 1 heteroatoms. The molecule has 0 unspecified atom stereocenters. The first-order valence-electron chi connectivity index (χ1n) is 13.5. The van der Waals surface area contributed by atoms with E-state index in [1.54, 1.807) is 0 Å². The molecule has 6 aromatic carbocycles. The summed E-state index contributed by atoms with van der Waals surface area (Å²) in [5.74, 6) is 0. The van der Waals surface area contributed by atoms with Crippen molar-refractivity contribution >= 4 is 10.8 Å². The van der Waals surface area contributed by atoms with Gasteiger partial charge in [-0.05, 0) is 42.9 Å². The first-order chi connectivity index (χ1) is 18.7. The Balaban J connectivity index is 0.000000138. The maximum atomic E-state index is 3.45. The molecule has 6 aromatic rings. The molecule has 0 bridgehead atoms. The monoisotopic (exact) mass is 670 g/mol. The Morgan fingerprint density at radius 1 is 0.641 bits per heavy atom. The van der Waals surface area contributed by atoms with Crippen molar-refractivity contribution in [2.45, 2.75) is 33.1 Å². The van der Waals surface area contributed by atoms with E-state index in [-0.39, 0.29) is 25.8 Å².